The molecule has 0 unspecified atom stereocenters. The lowest BCUT2D eigenvalue weighted by Gasteiger charge is -2.27. The molecule has 2 N–H and O–H groups in total. The van der Waals surface area contributed by atoms with Gasteiger partial charge in [0, 0.05) is 43.3 Å². The van der Waals surface area contributed by atoms with Gasteiger partial charge in [0.2, 0.25) is 5.91 Å². The topological polar surface area (TPSA) is 61.4 Å². The number of amides is 2. The van der Waals surface area contributed by atoms with Crippen molar-refractivity contribution in [3.05, 3.63) is 29.8 Å². The van der Waals surface area contributed by atoms with Crippen LogP contribution >= 0.6 is 0 Å². The smallest absolute Gasteiger partial charge is 0.253 e. The first kappa shape index (κ1) is 14.5. The Bertz CT molecular complexity index is 476. The maximum absolute atomic E-state index is 12.3. The van der Waals surface area contributed by atoms with E-state index in [0.717, 1.165) is 31.9 Å². The zero-order valence-electron chi connectivity index (χ0n) is 12.0. The van der Waals surface area contributed by atoms with Crippen LogP contribution in [0.5, 0.6) is 0 Å². The second kappa shape index (κ2) is 6.52. The molecule has 1 aromatic carbocycles. The fourth-order valence-electron chi connectivity index (χ4n) is 2.03. The van der Waals surface area contributed by atoms with E-state index in [9.17, 15) is 9.59 Å². The number of nitrogens with one attached hydrogen (secondary N) is 2. The van der Waals surface area contributed by atoms with Gasteiger partial charge in [-0.05, 0) is 24.3 Å². The van der Waals surface area contributed by atoms with Crippen LogP contribution in [0.3, 0.4) is 0 Å². The average Bonchev–Trinajstić information content (AvgIpc) is 2.48. The summed E-state index contributed by atoms with van der Waals surface area (Å²) in [5.41, 5.74) is 1.38. The number of benzene rings is 1. The third-order valence-corrected chi connectivity index (χ3v) is 3.33. The van der Waals surface area contributed by atoms with E-state index in [1.807, 2.05) is 18.7 Å². The Labute approximate surface area is 119 Å². The van der Waals surface area contributed by atoms with Crippen LogP contribution in [0.25, 0.3) is 0 Å². The van der Waals surface area contributed by atoms with Gasteiger partial charge in [0.05, 0.1) is 0 Å². The lowest BCUT2D eigenvalue weighted by atomic mass is 10.1. The normalized spacial score (nSPS) is 15.2. The predicted octanol–water partition coefficient (Wildman–Crippen LogP) is 1.33. The van der Waals surface area contributed by atoms with Gasteiger partial charge in [-0.3, -0.25) is 9.59 Å². The van der Waals surface area contributed by atoms with Crippen LogP contribution < -0.4 is 10.6 Å². The minimum Gasteiger partial charge on any atom is -0.336 e. The first-order valence-corrected chi connectivity index (χ1v) is 6.99. The molecule has 1 fully saturated rings. The van der Waals surface area contributed by atoms with Gasteiger partial charge in [-0.25, -0.2) is 0 Å². The van der Waals surface area contributed by atoms with Crippen LogP contribution in [0, 0.1) is 5.92 Å². The molecule has 1 heterocycles. The van der Waals surface area contributed by atoms with Crippen molar-refractivity contribution in [3.8, 4) is 0 Å². The molecular weight excluding hydrogens is 254 g/mol. The Morgan fingerprint density at radius 2 is 1.75 bits per heavy atom. The Kier molecular flexibility index (Phi) is 4.74. The van der Waals surface area contributed by atoms with Gasteiger partial charge < -0.3 is 15.5 Å². The van der Waals surface area contributed by atoms with Crippen molar-refractivity contribution >= 4 is 17.5 Å². The fourth-order valence-corrected chi connectivity index (χ4v) is 2.03. The SMILES string of the molecule is CC(C)C(=O)Nc1ccc(C(=O)N2CCNCC2)cc1. The summed E-state index contributed by atoms with van der Waals surface area (Å²) in [5.74, 6) is -0.0309. The van der Waals surface area contributed by atoms with Gasteiger partial charge in [0.25, 0.3) is 5.91 Å². The molecule has 5 heteroatoms. The molecule has 0 spiro atoms. The van der Waals surface area contributed by atoms with Crippen molar-refractivity contribution in [1.82, 2.24) is 10.2 Å². The first-order valence-electron chi connectivity index (χ1n) is 6.99. The number of piperazine rings is 1. The zero-order valence-corrected chi connectivity index (χ0v) is 12.0. The average molecular weight is 275 g/mol. The summed E-state index contributed by atoms with van der Waals surface area (Å²) in [7, 11) is 0. The predicted molar refractivity (Wildman–Crippen MR) is 78.7 cm³/mol. The zero-order chi connectivity index (χ0) is 14.5. The quantitative estimate of drug-likeness (QED) is 0.875. The molecule has 0 atom stereocenters. The summed E-state index contributed by atoms with van der Waals surface area (Å²) in [4.78, 5) is 25.7. The van der Waals surface area contributed by atoms with Crippen molar-refractivity contribution in [3.63, 3.8) is 0 Å². The van der Waals surface area contributed by atoms with E-state index < -0.39 is 0 Å². The third kappa shape index (κ3) is 3.57. The molecule has 0 aromatic heterocycles. The summed E-state index contributed by atoms with van der Waals surface area (Å²) in [6.07, 6.45) is 0. The number of hydrogen-bond acceptors (Lipinski definition) is 3. The van der Waals surface area contributed by atoms with Crippen LogP contribution in [-0.4, -0.2) is 42.9 Å². The Morgan fingerprint density at radius 3 is 2.30 bits per heavy atom. The molecule has 2 amide bonds. The monoisotopic (exact) mass is 275 g/mol. The molecule has 1 saturated heterocycles. The van der Waals surface area contributed by atoms with E-state index in [2.05, 4.69) is 10.6 Å². The standard InChI is InChI=1S/C15H21N3O2/c1-11(2)14(19)17-13-5-3-12(4-6-13)15(20)18-9-7-16-8-10-18/h3-6,11,16H,7-10H2,1-2H3,(H,17,19). The lowest BCUT2D eigenvalue weighted by Crippen LogP contribution is -2.46. The van der Waals surface area contributed by atoms with E-state index in [1.165, 1.54) is 0 Å². The summed E-state index contributed by atoms with van der Waals surface area (Å²) in [6.45, 7) is 6.85. The highest BCUT2D eigenvalue weighted by molar-refractivity contribution is 5.96. The van der Waals surface area contributed by atoms with Crippen LogP contribution in [0.15, 0.2) is 24.3 Å². The summed E-state index contributed by atoms with van der Waals surface area (Å²) >= 11 is 0. The molecule has 0 bridgehead atoms. The largest absolute Gasteiger partial charge is 0.336 e. The number of carbonyl (C=O) groups excluding carboxylic acids is 2. The molecule has 5 nitrogen and oxygen atoms in total. The highest BCUT2D eigenvalue weighted by Gasteiger charge is 2.17. The van der Waals surface area contributed by atoms with Crippen LogP contribution in [0.2, 0.25) is 0 Å². The van der Waals surface area contributed by atoms with Crippen molar-refractivity contribution in [2.75, 3.05) is 31.5 Å². The van der Waals surface area contributed by atoms with Crippen molar-refractivity contribution in [2.45, 2.75) is 13.8 Å². The van der Waals surface area contributed by atoms with Gasteiger partial charge in [-0.2, -0.15) is 0 Å². The van der Waals surface area contributed by atoms with Crippen LogP contribution in [0.1, 0.15) is 24.2 Å². The van der Waals surface area contributed by atoms with E-state index in [4.69, 9.17) is 0 Å². The molecule has 0 aliphatic carbocycles. The van der Waals surface area contributed by atoms with Gasteiger partial charge >= 0.3 is 0 Å². The lowest BCUT2D eigenvalue weighted by molar-refractivity contribution is -0.118. The molecule has 0 radical (unpaired) electrons. The van der Waals surface area contributed by atoms with Crippen molar-refractivity contribution < 1.29 is 9.59 Å². The molecule has 1 aromatic rings. The Balaban J connectivity index is 2.00. The first-order chi connectivity index (χ1) is 9.58. The van der Waals surface area contributed by atoms with Gasteiger partial charge in [-0.1, -0.05) is 13.8 Å². The number of nitrogens with zero attached hydrogens (tertiary/aromatic N) is 1. The summed E-state index contributed by atoms with van der Waals surface area (Å²) in [5, 5.41) is 6.03. The fraction of sp³-hybridized carbons (Fsp3) is 0.467. The number of carbonyl (C=O) groups is 2. The summed E-state index contributed by atoms with van der Waals surface area (Å²) in [6, 6.07) is 7.08. The second-order valence-electron chi connectivity index (χ2n) is 5.26. The maximum Gasteiger partial charge on any atom is 0.253 e. The van der Waals surface area contributed by atoms with E-state index in [1.54, 1.807) is 24.3 Å². The third-order valence-electron chi connectivity index (χ3n) is 3.33. The molecule has 1 aliphatic rings. The molecule has 2 rings (SSSR count). The molecule has 0 saturated carbocycles. The highest BCUT2D eigenvalue weighted by atomic mass is 16.2. The van der Waals surface area contributed by atoms with Gasteiger partial charge in [0.15, 0.2) is 0 Å². The minimum absolute atomic E-state index is 0.0221. The van der Waals surface area contributed by atoms with E-state index in [-0.39, 0.29) is 17.7 Å². The van der Waals surface area contributed by atoms with Gasteiger partial charge in [0.1, 0.15) is 0 Å². The highest BCUT2D eigenvalue weighted by Crippen LogP contribution is 2.13. The minimum atomic E-state index is -0.0582. The van der Waals surface area contributed by atoms with Crippen LogP contribution in [0.4, 0.5) is 5.69 Å². The Morgan fingerprint density at radius 1 is 1.15 bits per heavy atom. The van der Waals surface area contributed by atoms with E-state index >= 15 is 0 Å². The van der Waals surface area contributed by atoms with Crippen molar-refractivity contribution in [2.24, 2.45) is 5.92 Å². The van der Waals surface area contributed by atoms with Crippen molar-refractivity contribution in [1.29, 1.82) is 0 Å². The second-order valence-corrected chi connectivity index (χ2v) is 5.26. The molecule has 1 aliphatic heterocycles. The van der Waals surface area contributed by atoms with Crippen LogP contribution in [-0.2, 0) is 4.79 Å². The summed E-state index contributed by atoms with van der Waals surface area (Å²) < 4.78 is 0. The van der Waals surface area contributed by atoms with E-state index in [0.29, 0.717) is 5.56 Å². The van der Waals surface area contributed by atoms with Gasteiger partial charge in [-0.15, -0.1) is 0 Å². The number of rotatable bonds is 3. The maximum atomic E-state index is 12.3. The Hall–Kier alpha value is -1.88. The molecule has 20 heavy (non-hydrogen) atoms. The molecular formula is C15H21N3O2. The number of anilines is 1. The number of hydrogen-bond donors (Lipinski definition) is 2. The molecule has 108 valence electrons.